The monoisotopic (exact) mass is 261 g/mol. The normalized spacial score (nSPS) is 13.7. The van der Waals surface area contributed by atoms with Crippen molar-refractivity contribution in [3.05, 3.63) is 30.5 Å². The summed E-state index contributed by atoms with van der Waals surface area (Å²) in [4.78, 5) is 3.21. The first-order valence-electron chi connectivity index (χ1n) is 6.69. The highest BCUT2D eigenvalue weighted by Crippen LogP contribution is 2.22. The van der Waals surface area contributed by atoms with Crippen molar-refractivity contribution in [3.63, 3.8) is 0 Å². The average Bonchev–Trinajstić information content (AvgIpc) is 2.76. The molecular formula is C15H23N3O. The zero-order valence-corrected chi connectivity index (χ0v) is 11.8. The van der Waals surface area contributed by atoms with Gasteiger partial charge in [0.25, 0.3) is 0 Å². The number of rotatable bonds is 5. The van der Waals surface area contributed by atoms with E-state index in [-0.39, 0.29) is 5.54 Å². The molecule has 1 aromatic carbocycles. The van der Waals surface area contributed by atoms with Crippen LogP contribution in [0.15, 0.2) is 30.5 Å². The summed E-state index contributed by atoms with van der Waals surface area (Å²) in [5.41, 5.74) is 2.17. The summed E-state index contributed by atoms with van der Waals surface area (Å²) in [5, 5.41) is 17.7. The predicted molar refractivity (Wildman–Crippen MR) is 80.6 cm³/mol. The quantitative estimate of drug-likeness (QED) is 0.668. The van der Waals surface area contributed by atoms with Gasteiger partial charge in [0, 0.05) is 35.7 Å². The number of H-pyrrole nitrogens is 1. The molecule has 1 heterocycles. The summed E-state index contributed by atoms with van der Waals surface area (Å²) >= 11 is 0. The number of nitrogens with one attached hydrogen (secondary N) is 3. The van der Waals surface area contributed by atoms with Gasteiger partial charge in [0.1, 0.15) is 0 Å². The Kier molecular flexibility index (Phi) is 4.12. The highest BCUT2D eigenvalue weighted by Gasteiger charge is 2.12. The Balaban J connectivity index is 1.88. The number of β-amino-alcohol motifs (C(OH)–C–C–N with tert-alkyl or cyclic N) is 1. The Bertz CT molecular complexity index is 527. The molecule has 0 aliphatic rings. The first-order chi connectivity index (χ1) is 8.96. The van der Waals surface area contributed by atoms with Crippen molar-refractivity contribution in [2.45, 2.75) is 32.4 Å². The fraction of sp³-hybridized carbons (Fsp3) is 0.467. The van der Waals surface area contributed by atoms with Crippen LogP contribution in [-0.2, 0) is 0 Å². The second-order valence-corrected chi connectivity index (χ2v) is 5.91. The number of hydrogen-bond acceptors (Lipinski definition) is 3. The molecule has 0 saturated carbocycles. The zero-order valence-electron chi connectivity index (χ0n) is 11.8. The number of hydrogen-bond donors (Lipinski definition) is 4. The first-order valence-corrected chi connectivity index (χ1v) is 6.69. The molecule has 4 nitrogen and oxygen atoms in total. The highest BCUT2D eigenvalue weighted by molar-refractivity contribution is 5.92. The van der Waals surface area contributed by atoms with Crippen LogP contribution in [0.25, 0.3) is 10.9 Å². The standard InChI is InChI=1S/C15H23N3O/c1-15(2,3)18-9-11(19)8-16-14-10-17-13-7-5-4-6-12(13)14/h4-7,10-11,16-19H,8-9H2,1-3H3. The Labute approximate surface area is 114 Å². The SMILES string of the molecule is CC(C)(C)NCC(O)CNc1c[nH]c2ccccc12. The summed E-state index contributed by atoms with van der Waals surface area (Å²) in [6, 6.07) is 8.12. The van der Waals surface area contributed by atoms with E-state index in [1.807, 2.05) is 24.4 Å². The Hall–Kier alpha value is -1.52. The van der Waals surface area contributed by atoms with Gasteiger partial charge >= 0.3 is 0 Å². The molecule has 19 heavy (non-hydrogen) atoms. The summed E-state index contributed by atoms with van der Waals surface area (Å²) in [5.74, 6) is 0. The number of aliphatic hydroxyl groups excluding tert-OH is 1. The zero-order chi connectivity index (χ0) is 13.9. The molecule has 4 heteroatoms. The van der Waals surface area contributed by atoms with Gasteiger partial charge in [-0.15, -0.1) is 0 Å². The topological polar surface area (TPSA) is 60.1 Å². The molecule has 0 aliphatic carbocycles. The minimum Gasteiger partial charge on any atom is -0.390 e. The van der Waals surface area contributed by atoms with E-state index in [9.17, 15) is 5.11 Å². The van der Waals surface area contributed by atoms with Crippen LogP contribution >= 0.6 is 0 Å². The molecule has 0 radical (unpaired) electrons. The van der Waals surface area contributed by atoms with E-state index in [0.717, 1.165) is 16.6 Å². The van der Waals surface area contributed by atoms with Gasteiger partial charge < -0.3 is 20.7 Å². The van der Waals surface area contributed by atoms with Crippen LogP contribution in [0.4, 0.5) is 5.69 Å². The van der Waals surface area contributed by atoms with Crippen molar-refractivity contribution in [3.8, 4) is 0 Å². The number of para-hydroxylation sites is 1. The summed E-state index contributed by atoms with van der Waals surface area (Å²) < 4.78 is 0. The van der Waals surface area contributed by atoms with Crippen molar-refractivity contribution in [2.75, 3.05) is 18.4 Å². The first kappa shape index (κ1) is 13.9. The van der Waals surface area contributed by atoms with Crippen molar-refractivity contribution in [1.82, 2.24) is 10.3 Å². The molecule has 0 bridgehead atoms. The lowest BCUT2D eigenvalue weighted by Gasteiger charge is -2.23. The van der Waals surface area contributed by atoms with Crippen molar-refractivity contribution < 1.29 is 5.11 Å². The van der Waals surface area contributed by atoms with Crippen molar-refractivity contribution in [1.29, 1.82) is 0 Å². The Morgan fingerprint density at radius 1 is 1.21 bits per heavy atom. The molecular weight excluding hydrogens is 238 g/mol. The third-order valence-corrected chi connectivity index (χ3v) is 2.99. The van der Waals surface area contributed by atoms with E-state index in [0.29, 0.717) is 13.1 Å². The molecule has 1 unspecified atom stereocenters. The van der Waals surface area contributed by atoms with Crippen LogP contribution < -0.4 is 10.6 Å². The van der Waals surface area contributed by atoms with Crippen LogP contribution in [0.1, 0.15) is 20.8 Å². The molecule has 2 rings (SSSR count). The van der Waals surface area contributed by atoms with E-state index in [2.05, 4.69) is 42.5 Å². The van der Waals surface area contributed by atoms with Crippen molar-refractivity contribution in [2.24, 2.45) is 0 Å². The van der Waals surface area contributed by atoms with Crippen LogP contribution in [0.3, 0.4) is 0 Å². The molecule has 0 fully saturated rings. The number of aromatic nitrogens is 1. The van der Waals surface area contributed by atoms with E-state index in [4.69, 9.17) is 0 Å². The summed E-state index contributed by atoms with van der Waals surface area (Å²) in [6.45, 7) is 7.39. The van der Waals surface area contributed by atoms with Crippen LogP contribution in [0.5, 0.6) is 0 Å². The molecule has 0 aliphatic heterocycles. The maximum Gasteiger partial charge on any atom is 0.0836 e. The number of fused-ring (bicyclic) bond motifs is 1. The Morgan fingerprint density at radius 2 is 1.95 bits per heavy atom. The molecule has 1 aromatic heterocycles. The maximum absolute atomic E-state index is 9.95. The Morgan fingerprint density at radius 3 is 2.68 bits per heavy atom. The highest BCUT2D eigenvalue weighted by atomic mass is 16.3. The molecule has 0 saturated heterocycles. The van der Waals surface area contributed by atoms with Gasteiger partial charge in [-0.3, -0.25) is 0 Å². The second-order valence-electron chi connectivity index (χ2n) is 5.91. The van der Waals surface area contributed by atoms with E-state index in [1.54, 1.807) is 0 Å². The number of aliphatic hydroxyl groups is 1. The molecule has 1 atom stereocenters. The molecule has 0 amide bonds. The van der Waals surface area contributed by atoms with Gasteiger partial charge in [0.05, 0.1) is 11.8 Å². The third kappa shape index (κ3) is 3.98. The van der Waals surface area contributed by atoms with Gasteiger partial charge in [0.15, 0.2) is 0 Å². The minimum atomic E-state index is -0.409. The third-order valence-electron chi connectivity index (χ3n) is 2.99. The van der Waals surface area contributed by atoms with Crippen LogP contribution in [0.2, 0.25) is 0 Å². The number of benzene rings is 1. The summed E-state index contributed by atoms with van der Waals surface area (Å²) in [6.07, 6.45) is 1.53. The average molecular weight is 261 g/mol. The van der Waals surface area contributed by atoms with Crippen molar-refractivity contribution >= 4 is 16.6 Å². The smallest absolute Gasteiger partial charge is 0.0836 e. The lowest BCUT2D eigenvalue weighted by atomic mass is 10.1. The maximum atomic E-state index is 9.95. The number of anilines is 1. The van der Waals surface area contributed by atoms with E-state index < -0.39 is 6.10 Å². The predicted octanol–water partition coefficient (Wildman–Crippen LogP) is 2.33. The van der Waals surface area contributed by atoms with Gasteiger partial charge in [-0.05, 0) is 26.8 Å². The fourth-order valence-corrected chi connectivity index (χ4v) is 1.94. The number of aromatic amines is 1. The van der Waals surface area contributed by atoms with Gasteiger partial charge in [-0.1, -0.05) is 18.2 Å². The van der Waals surface area contributed by atoms with E-state index in [1.165, 1.54) is 0 Å². The summed E-state index contributed by atoms with van der Waals surface area (Å²) in [7, 11) is 0. The van der Waals surface area contributed by atoms with Gasteiger partial charge in [-0.2, -0.15) is 0 Å². The van der Waals surface area contributed by atoms with E-state index >= 15 is 0 Å². The molecule has 4 N–H and O–H groups in total. The molecule has 0 spiro atoms. The van der Waals surface area contributed by atoms with Gasteiger partial charge in [0.2, 0.25) is 0 Å². The lowest BCUT2D eigenvalue weighted by Crippen LogP contribution is -2.42. The van der Waals surface area contributed by atoms with Crippen LogP contribution in [0, 0.1) is 0 Å². The van der Waals surface area contributed by atoms with Crippen LogP contribution in [-0.4, -0.2) is 34.8 Å². The van der Waals surface area contributed by atoms with Gasteiger partial charge in [-0.25, -0.2) is 0 Å². The fourth-order valence-electron chi connectivity index (χ4n) is 1.94. The molecule has 104 valence electrons. The molecule has 2 aromatic rings. The largest absolute Gasteiger partial charge is 0.390 e. The second kappa shape index (κ2) is 5.63. The lowest BCUT2D eigenvalue weighted by molar-refractivity contribution is 0.172. The minimum absolute atomic E-state index is 0.0295.